The van der Waals surface area contributed by atoms with Gasteiger partial charge in [-0.2, -0.15) is 0 Å². The molecule has 2 unspecified atom stereocenters. The number of carbonyl (C=O) groups is 1. The highest BCUT2D eigenvalue weighted by atomic mass is 16.5. The van der Waals surface area contributed by atoms with Gasteiger partial charge in [0.15, 0.2) is 0 Å². The zero-order chi connectivity index (χ0) is 12.1. The van der Waals surface area contributed by atoms with E-state index in [0.717, 1.165) is 52.0 Å². The average Bonchev–Trinajstić information content (AvgIpc) is 2.55. The van der Waals surface area contributed by atoms with E-state index in [0.29, 0.717) is 0 Å². The van der Waals surface area contributed by atoms with Crippen molar-refractivity contribution in [3.63, 3.8) is 0 Å². The highest BCUT2D eigenvalue weighted by Crippen LogP contribution is 2.12. The molecule has 0 aromatic heterocycles. The van der Waals surface area contributed by atoms with Crippen LogP contribution in [0.5, 0.6) is 0 Å². The van der Waals surface area contributed by atoms with Gasteiger partial charge >= 0.3 is 0 Å². The third-order valence-electron chi connectivity index (χ3n) is 3.53. The predicted octanol–water partition coefficient (Wildman–Crippen LogP) is -0.425. The van der Waals surface area contributed by atoms with Crippen molar-refractivity contribution in [2.45, 2.75) is 31.4 Å². The maximum absolute atomic E-state index is 11.9. The molecule has 0 radical (unpaired) electrons. The molecule has 2 aliphatic heterocycles. The molecule has 0 bridgehead atoms. The molecular formula is C12H23N3O2. The van der Waals surface area contributed by atoms with Crippen LogP contribution in [0.25, 0.3) is 0 Å². The molecule has 2 saturated heterocycles. The molecule has 2 heterocycles. The first-order chi connectivity index (χ1) is 8.27. The number of hydrogen-bond donors (Lipinski definition) is 2. The standard InChI is InChI=1S/C12H23N3O2/c1-15(9-10-8-13-6-7-17-10)11-4-2-3-5-14-12(11)16/h10-11,13H,2-9H2,1H3,(H,14,16). The fourth-order valence-electron chi connectivity index (χ4n) is 2.53. The number of nitrogens with zero attached hydrogens (tertiary/aromatic N) is 1. The number of carbonyl (C=O) groups excluding carboxylic acids is 1. The summed E-state index contributed by atoms with van der Waals surface area (Å²) in [5.41, 5.74) is 0. The van der Waals surface area contributed by atoms with Crippen molar-refractivity contribution in [2.24, 2.45) is 0 Å². The number of rotatable bonds is 3. The lowest BCUT2D eigenvalue weighted by molar-refractivity contribution is -0.126. The van der Waals surface area contributed by atoms with Gasteiger partial charge < -0.3 is 15.4 Å². The maximum Gasteiger partial charge on any atom is 0.237 e. The second-order valence-electron chi connectivity index (χ2n) is 4.94. The number of hydrogen-bond acceptors (Lipinski definition) is 4. The number of morpholine rings is 1. The predicted molar refractivity (Wildman–Crippen MR) is 65.9 cm³/mol. The van der Waals surface area contributed by atoms with E-state index in [-0.39, 0.29) is 18.1 Å². The summed E-state index contributed by atoms with van der Waals surface area (Å²) < 4.78 is 5.67. The van der Waals surface area contributed by atoms with Crippen LogP contribution >= 0.6 is 0 Å². The molecule has 0 spiro atoms. The molecule has 17 heavy (non-hydrogen) atoms. The fraction of sp³-hybridized carbons (Fsp3) is 0.917. The molecule has 2 N–H and O–H groups in total. The minimum Gasteiger partial charge on any atom is -0.374 e. The van der Waals surface area contributed by atoms with E-state index in [1.165, 1.54) is 0 Å². The molecule has 2 atom stereocenters. The van der Waals surface area contributed by atoms with E-state index in [1.54, 1.807) is 0 Å². The molecule has 5 heteroatoms. The van der Waals surface area contributed by atoms with Crippen LogP contribution in [0.15, 0.2) is 0 Å². The van der Waals surface area contributed by atoms with E-state index in [4.69, 9.17) is 4.74 Å². The van der Waals surface area contributed by atoms with E-state index in [2.05, 4.69) is 15.5 Å². The Morgan fingerprint density at radius 1 is 1.41 bits per heavy atom. The molecule has 2 rings (SSSR count). The largest absolute Gasteiger partial charge is 0.374 e. The summed E-state index contributed by atoms with van der Waals surface area (Å²) in [4.78, 5) is 14.0. The fourth-order valence-corrected chi connectivity index (χ4v) is 2.53. The molecule has 5 nitrogen and oxygen atoms in total. The zero-order valence-electron chi connectivity index (χ0n) is 10.6. The van der Waals surface area contributed by atoms with Crippen LogP contribution in [0, 0.1) is 0 Å². The average molecular weight is 241 g/mol. The lowest BCUT2D eigenvalue weighted by Crippen LogP contribution is -2.50. The van der Waals surface area contributed by atoms with Gasteiger partial charge in [0, 0.05) is 26.2 Å². The third kappa shape index (κ3) is 3.66. The highest BCUT2D eigenvalue weighted by Gasteiger charge is 2.27. The molecule has 2 aliphatic rings. The van der Waals surface area contributed by atoms with Crippen LogP contribution in [0.2, 0.25) is 0 Å². The minimum atomic E-state index is 0.0167. The van der Waals surface area contributed by atoms with Crippen molar-refractivity contribution >= 4 is 5.91 Å². The van der Waals surface area contributed by atoms with Crippen LogP contribution in [-0.4, -0.2) is 62.8 Å². The molecular weight excluding hydrogens is 218 g/mol. The Bertz CT molecular complexity index is 254. The van der Waals surface area contributed by atoms with Crippen molar-refractivity contribution in [2.75, 3.05) is 39.8 Å². The van der Waals surface area contributed by atoms with Gasteiger partial charge in [-0.15, -0.1) is 0 Å². The topological polar surface area (TPSA) is 53.6 Å². The third-order valence-corrected chi connectivity index (χ3v) is 3.53. The number of ether oxygens (including phenoxy) is 1. The summed E-state index contributed by atoms with van der Waals surface area (Å²) in [6.07, 6.45) is 3.39. The van der Waals surface area contributed by atoms with Crippen LogP contribution in [0.3, 0.4) is 0 Å². The Balaban J connectivity index is 1.84. The molecule has 0 saturated carbocycles. The van der Waals surface area contributed by atoms with Crippen molar-refractivity contribution in [3.05, 3.63) is 0 Å². The van der Waals surface area contributed by atoms with Gasteiger partial charge in [0.1, 0.15) is 0 Å². The molecule has 1 amide bonds. The van der Waals surface area contributed by atoms with Crippen molar-refractivity contribution in [1.29, 1.82) is 0 Å². The number of nitrogens with one attached hydrogen (secondary N) is 2. The van der Waals surface area contributed by atoms with E-state index in [9.17, 15) is 4.79 Å². The maximum atomic E-state index is 11.9. The normalized spacial score (nSPS) is 31.1. The summed E-state index contributed by atoms with van der Waals surface area (Å²) in [7, 11) is 2.02. The smallest absolute Gasteiger partial charge is 0.237 e. The van der Waals surface area contributed by atoms with Gasteiger partial charge in [0.25, 0.3) is 0 Å². The summed E-state index contributed by atoms with van der Waals surface area (Å²) in [5, 5.41) is 6.29. The molecule has 98 valence electrons. The number of likely N-dealkylation sites (N-methyl/N-ethyl adjacent to an activating group) is 1. The lowest BCUT2D eigenvalue weighted by Gasteiger charge is -2.31. The Morgan fingerprint density at radius 3 is 3.06 bits per heavy atom. The first-order valence-corrected chi connectivity index (χ1v) is 6.57. The van der Waals surface area contributed by atoms with Gasteiger partial charge in [-0.25, -0.2) is 0 Å². The molecule has 2 fully saturated rings. The zero-order valence-corrected chi connectivity index (χ0v) is 10.6. The Hall–Kier alpha value is -0.650. The lowest BCUT2D eigenvalue weighted by atomic mass is 10.1. The number of amides is 1. The summed E-state index contributed by atoms with van der Waals surface area (Å²) >= 11 is 0. The first kappa shape index (κ1) is 12.8. The molecule has 0 aromatic rings. The van der Waals surface area contributed by atoms with Gasteiger partial charge in [0.2, 0.25) is 5.91 Å². The van der Waals surface area contributed by atoms with Crippen LogP contribution in [0.1, 0.15) is 19.3 Å². The van der Waals surface area contributed by atoms with Crippen molar-refractivity contribution in [1.82, 2.24) is 15.5 Å². The van der Waals surface area contributed by atoms with E-state index in [1.807, 2.05) is 7.05 Å². The van der Waals surface area contributed by atoms with Crippen molar-refractivity contribution < 1.29 is 9.53 Å². The van der Waals surface area contributed by atoms with Gasteiger partial charge in [-0.1, -0.05) is 0 Å². The Labute approximate surface area is 103 Å². The molecule has 0 aliphatic carbocycles. The Kier molecular flexibility index (Phi) is 4.76. The Morgan fingerprint density at radius 2 is 2.29 bits per heavy atom. The van der Waals surface area contributed by atoms with Gasteiger partial charge in [-0.3, -0.25) is 9.69 Å². The highest BCUT2D eigenvalue weighted by molar-refractivity contribution is 5.81. The minimum absolute atomic E-state index is 0.0167. The summed E-state index contributed by atoms with van der Waals surface area (Å²) in [6.45, 7) is 4.24. The van der Waals surface area contributed by atoms with Gasteiger partial charge in [0.05, 0.1) is 18.8 Å². The second-order valence-corrected chi connectivity index (χ2v) is 4.94. The van der Waals surface area contributed by atoms with E-state index < -0.39 is 0 Å². The van der Waals surface area contributed by atoms with Gasteiger partial charge in [-0.05, 0) is 26.3 Å². The summed E-state index contributed by atoms with van der Waals surface area (Å²) in [6, 6.07) is 0.0167. The monoisotopic (exact) mass is 241 g/mol. The first-order valence-electron chi connectivity index (χ1n) is 6.57. The van der Waals surface area contributed by atoms with Crippen LogP contribution in [-0.2, 0) is 9.53 Å². The van der Waals surface area contributed by atoms with Crippen LogP contribution < -0.4 is 10.6 Å². The summed E-state index contributed by atoms with van der Waals surface area (Å²) in [5.74, 6) is 0.175. The second kappa shape index (κ2) is 6.33. The molecule has 0 aromatic carbocycles. The SMILES string of the molecule is CN(CC1CNCCO1)C1CCCCNC1=O. The van der Waals surface area contributed by atoms with Crippen LogP contribution in [0.4, 0.5) is 0 Å². The van der Waals surface area contributed by atoms with Crippen molar-refractivity contribution in [3.8, 4) is 0 Å². The quantitative estimate of drug-likeness (QED) is 0.704. The van der Waals surface area contributed by atoms with E-state index >= 15 is 0 Å².